The topological polar surface area (TPSA) is 60.5 Å². The smallest absolute Gasteiger partial charge is 0.156 e. The van der Waals surface area contributed by atoms with Gasteiger partial charge in [0.05, 0.1) is 23.3 Å². The third-order valence-electron chi connectivity index (χ3n) is 6.85. The third-order valence-corrected chi connectivity index (χ3v) is 6.85. The van der Waals surface area contributed by atoms with Crippen LogP contribution in [0.1, 0.15) is 29.9 Å². The average molecular weight is 479 g/mol. The Hall–Kier alpha value is -3.97. The second-order valence-electron chi connectivity index (χ2n) is 9.32. The maximum atomic E-state index is 5.95. The molecule has 0 atom stereocenters. The molecule has 0 bridgehead atoms. The second-order valence-corrected chi connectivity index (χ2v) is 9.32. The molecule has 3 aromatic heterocycles. The number of benzene rings is 2. The lowest BCUT2D eigenvalue weighted by atomic mass is 10.1. The number of fused-ring (bicyclic) bond motifs is 1. The molecule has 7 heteroatoms. The number of ether oxygens (including phenoxy) is 1. The molecule has 7 nitrogen and oxygen atoms in total. The van der Waals surface area contributed by atoms with Gasteiger partial charge in [0.2, 0.25) is 0 Å². The number of pyridine rings is 1. The number of nitrogens with zero attached hydrogens (tertiary/aromatic N) is 6. The van der Waals surface area contributed by atoms with E-state index >= 15 is 0 Å². The van der Waals surface area contributed by atoms with E-state index in [1.54, 1.807) is 0 Å². The molecule has 6 rings (SSSR count). The lowest BCUT2D eigenvalue weighted by molar-refractivity contribution is 0.238. The molecule has 1 fully saturated rings. The van der Waals surface area contributed by atoms with Gasteiger partial charge in [-0.1, -0.05) is 36.4 Å². The van der Waals surface area contributed by atoms with Gasteiger partial charge in [0, 0.05) is 18.5 Å². The first kappa shape index (κ1) is 22.5. The summed E-state index contributed by atoms with van der Waals surface area (Å²) in [5.41, 5.74) is 6.11. The zero-order chi connectivity index (χ0) is 24.3. The van der Waals surface area contributed by atoms with Crippen molar-refractivity contribution in [2.24, 2.45) is 0 Å². The highest BCUT2D eigenvalue weighted by molar-refractivity contribution is 5.65. The Bertz CT molecular complexity index is 1450. The van der Waals surface area contributed by atoms with Crippen molar-refractivity contribution in [2.45, 2.75) is 26.2 Å². The van der Waals surface area contributed by atoms with Crippen LogP contribution in [0.2, 0.25) is 0 Å². The van der Waals surface area contributed by atoms with Gasteiger partial charge >= 0.3 is 0 Å². The Morgan fingerprint density at radius 2 is 1.69 bits per heavy atom. The molecule has 0 aliphatic carbocycles. The first-order valence-electron chi connectivity index (χ1n) is 12.6. The van der Waals surface area contributed by atoms with Crippen molar-refractivity contribution >= 4 is 5.65 Å². The van der Waals surface area contributed by atoms with E-state index in [1.165, 1.54) is 25.9 Å². The predicted molar refractivity (Wildman–Crippen MR) is 141 cm³/mol. The average Bonchev–Trinajstić information content (AvgIpc) is 3.65. The van der Waals surface area contributed by atoms with Gasteiger partial charge in [-0.25, -0.2) is 14.2 Å². The van der Waals surface area contributed by atoms with Crippen molar-refractivity contribution in [1.29, 1.82) is 0 Å². The number of likely N-dealkylation sites (tertiary alicyclic amines) is 1. The Balaban J connectivity index is 1.18. The minimum Gasteiger partial charge on any atom is -0.492 e. The summed E-state index contributed by atoms with van der Waals surface area (Å²) in [6.45, 7) is 6.21. The van der Waals surface area contributed by atoms with Gasteiger partial charge in [-0.15, -0.1) is 0 Å². The maximum Gasteiger partial charge on any atom is 0.156 e. The van der Waals surface area contributed by atoms with Crippen LogP contribution in [-0.4, -0.2) is 55.5 Å². The van der Waals surface area contributed by atoms with Gasteiger partial charge in [-0.3, -0.25) is 4.90 Å². The van der Waals surface area contributed by atoms with E-state index in [9.17, 15) is 0 Å². The van der Waals surface area contributed by atoms with Gasteiger partial charge < -0.3 is 4.74 Å². The number of aromatic nitrogens is 5. The van der Waals surface area contributed by atoms with E-state index in [0.29, 0.717) is 6.42 Å². The summed E-state index contributed by atoms with van der Waals surface area (Å²) in [6.07, 6.45) is 5.19. The number of para-hydroxylation sites is 1. The molecule has 4 heterocycles. The van der Waals surface area contributed by atoms with Crippen molar-refractivity contribution in [2.75, 3.05) is 26.2 Å². The molecular weight excluding hydrogens is 448 g/mol. The molecule has 0 spiro atoms. The molecular formula is C29H30N6O. The molecule has 2 aromatic carbocycles. The van der Waals surface area contributed by atoms with Crippen LogP contribution in [0.4, 0.5) is 0 Å². The van der Waals surface area contributed by atoms with E-state index in [-0.39, 0.29) is 0 Å². The summed E-state index contributed by atoms with van der Waals surface area (Å²) in [5, 5.41) is 9.49. The van der Waals surface area contributed by atoms with E-state index in [2.05, 4.69) is 47.3 Å². The van der Waals surface area contributed by atoms with Crippen LogP contribution < -0.4 is 4.74 Å². The Morgan fingerprint density at radius 1 is 0.889 bits per heavy atom. The summed E-state index contributed by atoms with van der Waals surface area (Å²) < 4.78 is 9.83. The molecule has 36 heavy (non-hydrogen) atoms. The molecule has 0 unspecified atom stereocenters. The quantitative estimate of drug-likeness (QED) is 0.316. The molecule has 0 N–H and O–H groups in total. The van der Waals surface area contributed by atoms with Gasteiger partial charge in [-0.05, 0) is 74.8 Å². The first-order chi connectivity index (χ1) is 17.7. The maximum absolute atomic E-state index is 5.95. The van der Waals surface area contributed by atoms with Crippen LogP contribution in [0.5, 0.6) is 5.75 Å². The first-order valence-corrected chi connectivity index (χ1v) is 12.6. The van der Waals surface area contributed by atoms with Crippen molar-refractivity contribution in [3.63, 3.8) is 0 Å². The largest absolute Gasteiger partial charge is 0.492 e. The van der Waals surface area contributed by atoms with Gasteiger partial charge in [0.25, 0.3) is 0 Å². The minimum atomic E-state index is 0.664. The predicted octanol–water partition coefficient (Wildman–Crippen LogP) is 4.96. The number of rotatable bonds is 8. The molecule has 5 aromatic rings. The zero-order valence-electron chi connectivity index (χ0n) is 20.5. The highest BCUT2D eigenvalue weighted by atomic mass is 16.5. The summed E-state index contributed by atoms with van der Waals surface area (Å²) in [4.78, 5) is 7.26. The Morgan fingerprint density at radius 3 is 2.50 bits per heavy atom. The van der Waals surface area contributed by atoms with Crippen molar-refractivity contribution in [3.8, 4) is 22.7 Å². The summed E-state index contributed by atoms with van der Waals surface area (Å²) in [5.74, 6) is 1.70. The van der Waals surface area contributed by atoms with Crippen LogP contribution in [-0.2, 0) is 6.42 Å². The number of hydrogen-bond acceptors (Lipinski definition) is 5. The fraction of sp³-hybridized carbons (Fsp3) is 0.276. The SMILES string of the molecule is Cc1c(-c2cccc3nc(Cc4ccc(OCCN5CCCC5)cc4)nn23)cnn1-c1ccccc1. The second kappa shape index (κ2) is 9.95. The molecule has 182 valence electrons. The van der Waals surface area contributed by atoms with Crippen molar-refractivity contribution in [3.05, 3.63) is 96.1 Å². The van der Waals surface area contributed by atoms with E-state index in [0.717, 1.165) is 58.6 Å². The third kappa shape index (κ3) is 4.62. The van der Waals surface area contributed by atoms with E-state index in [4.69, 9.17) is 14.8 Å². The Kier molecular flexibility index (Phi) is 6.22. The Labute approximate surface area is 211 Å². The fourth-order valence-electron chi connectivity index (χ4n) is 4.90. The molecule has 0 saturated carbocycles. The lowest BCUT2D eigenvalue weighted by Crippen LogP contribution is -2.25. The fourth-order valence-corrected chi connectivity index (χ4v) is 4.90. The van der Waals surface area contributed by atoms with Gasteiger partial charge in [0.1, 0.15) is 12.4 Å². The van der Waals surface area contributed by atoms with Gasteiger partial charge in [-0.2, -0.15) is 10.2 Å². The van der Waals surface area contributed by atoms with Crippen LogP contribution in [0.3, 0.4) is 0 Å². The normalized spacial score (nSPS) is 14.0. The number of hydrogen-bond donors (Lipinski definition) is 0. The molecule has 1 aliphatic rings. The summed E-state index contributed by atoms with van der Waals surface area (Å²) in [7, 11) is 0. The molecule has 1 aliphatic heterocycles. The standard InChI is InChI=1S/C29H30N6O/c1-22-26(21-30-34(22)24-8-3-2-4-9-24)27-10-7-11-29-31-28(32-35(27)29)20-23-12-14-25(15-13-23)36-19-18-33-16-5-6-17-33/h2-4,7-15,21H,5-6,16-20H2,1H3. The molecule has 1 saturated heterocycles. The van der Waals surface area contributed by atoms with E-state index < -0.39 is 0 Å². The van der Waals surface area contributed by atoms with Gasteiger partial charge in [0.15, 0.2) is 11.5 Å². The summed E-state index contributed by atoms with van der Waals surface area (Å²) in [6, 6.07) is 24.5. The van der Waals surface area contributed by atoms with Crippen molar-refractivity contribution < 1.29 is 4.74 Å². The minimum absolute atomic E-state index is 0.664. The summed E-state index contributed by atoms with van der Waals surface area (Å²) >= 11 is 0. The zero-order valence-corrected chi connectivity index (χ0v) is 20.5. The van der Waals surface area contributed by atoms with Crippen LogP contribution >= 0.6 is 0 Å². The highest BCUT2D eigenvalue weighted by Gasteiger charge is 2.15. The molecule has 0 radical (unpaired) electrons. The van der Waals surface area contributed by atoms with Crippen LogP contribution in [0, 0.1) is 6.92 Å². The van der Waals surface area contributed by atoms with Crippen molar-refractivity contribution in [1.82, 2.24) is 29.3 Å². The molecule has 0 amide bonds. The van der Waals surface area contributed by atoms with Crippen LogP contribution in [0.25, 0.3) is 22.6 Å². The lowest BCUT2D eigenvalue weighted by Gasteiger charge is -2.14. The highest BCUT2D eigenvalue weighted by Crippen LogP contribution is 2.26. The van der Waals surface area contributed by atoms with E-state index in [1.807, 2.05) is 57.9 Å². The monoisotopic (exact) mass is 478 g/mol. The van der Waals surface area contributed by atoms with Crippen LogP contribution in [0.15, 0.2) is 79.0 Å².